The van der Waals surface area contributed by atoms with E-state index >= 15 is 0 Å². The second-order valence-electron chi connectivity index (χ2n) is 3.53. The van der Waals surface area contributed by atoms with Crippen molar-refractivity contribution in [3.8, 4) is 0 Å². The van der Waals surface area contributed by atoms with Crippen LogP contribution in [0.25, 0.3) is 0 Å². The van der Waals surface area contributed by atoms with E-state index in [0.29, 0.717) is 17.9 Å². The molecular weight excluding hydrogens is 214 g/mol. The lowest BCUT2D eigenvalue weighted by atomic mass is 10.0. The fourth-order valence-corrected chi connectivity index (χ4v) is 1.56. The predicted octanol–water partition coefficient (Wildman–Crippen LogP) is 1.99. The van der Waals surface area contributed by atoms with E-state index in [1.807, 2.05) is 25.1 Å². The van der Waals surface area contributed by atoms with Gasteiger partial charge in [-0.2, -0.15) is 0 Å². The summed E-state index contributed by atoms with van der Waals surface area (Å²) in [4.78, 5) is 10.5. The molecule has 0 radical (unpaired) electrons. The van der Waals surface area contributed by atoms with Crippen LogP contribution in [0.1, 0.15) is 17.5 Å². The van der Waals surface area contributed by atoms with E-state index in [-0.39, 0.29) is 0 Å². The van der Waals surface area contributed by atoms with Crippen LogP contribution in [0.2, 0.25) is 5.02 Å². The lowest BCUT2D eigenvalue weighted by molar-refractivity contribution is -0.138. The lowest BCUT2D eigenvalue weighted by Crippen LogP contribution is -2.30. The van der Waals surface area contributed by atoms with Gasteiger partial charge in [0, 0.05) is 5.02 Å². The maximum absolute atomic E-state index is 10.5. The summed E-state index contributed by atoms with van der Waals surface area (Å²) in [5.74, 6) is -0.973. The quantitative estimate of drug-likeness (QED) is 0.827. The van der Waals surface area contributed by atoms with Crippen molar-refractivity contribution in [2.75, 3.05) is 0 Å². The highest BCUT2D eigenvalue weighted by Crippen LogP contribution is 2.21. The number of halogens is 1. The van der Waals surface area contributed by atoms with Gasteiger partial charge in [0.05, 0.1) is 0 Å². The summed E-state index contributed by atoms with van der Waals surface area (Å²) in [7, 11) is 0. The van der Waals surface area contributed by atoms with Crippen LogP contribution in [-0.4, -0.2) is 17.1 Å². The molecule has 0 heterocycles. The van der Waals surface area contributed by atoms with Crippen LogP contribution in [0.15, 0.2) is 18.2 Å². The van der Waals surface area contributed by atoms with Gasteiger partial charge in [0.15, 0.2) is 0 Å². The molecule has 0 saturated carbocycles. The first kappa shape index (κ1) is 12.0. The first-order valence-electron chi connectivity index (χ1n) is 4.74. The molecule has 3 N–H and O–H groups in total. The zero-order chi connectivity index (χ0) is 11.4. The van der Waals surface area contributed by atoms with Crippen molar-refractivity contribution in [1.29, 1.82) is 0 Å². The number of carboxylic acids is 1. The van der Waals surface area contributed by atoms with E-state index in [0.717, 1.165) is 11.1 Å². The maximum atomic E-state index is 10.5. The smallest absolute Gasteiger partial charge is 0.320 e. The van der Waals surface area contributed by atoms with Crippen molar-refractivity contribution in [3.05, 3.63) is 34.3 Å². The Hall–Kier alpha value is -1.06. The second-order valence-corrected chi connectivity index (χ2v) is 3.91. The molecule has 4 heteroatoms. The minimum atomic E-state index is -0.973. The van der Waals surface area contributed by atoms with Gasteiger partial charge in [0.25, 0.3) is 0 Å². The van der Waals surface area contributed by atoms with Gasteiger partial charge >= 0.3 is 5.97 Å². The molecule has 0 aliphatic rings. The Bertz CT molecular complexity index is 366. The number of hydrogen-bond donors (Lipinski definition) is 2. The topological polar surface area (TPSA) is 63.3 Å². The van der Waals surface area contributed by atoms with Crippen LogP contribution >= 0.6 is 11.6 Å². The minimum absolute atomic E-state index is 0.401. The minimum Gasteiger partial charge on any atom is -0.480 e. The molecule has 0 aliphatic carbocycles. The fraction of sp³-hybridized carbons (Fsp3) is 0.364. The first-order valence-corrected chi connectivity index (χ1v) is 5.12. The number of carboxylic acid groups (broad SMARTS) is 1. The Morgan fingerprint density at radius 3 is 2.87 bits per heavy atom. The Balaban J connectivity index is 2.66. The molecule has 0 bridgehead atoms. The van der Waals surface area contributed by atoms with Crippen LogP contribution < -0.4 is 5.73 Å². The van der Waals surface area contributed by atoms with E-state index in [9.17, 15) is 4.79 Å². The molecule has 0 amide bonds. The highest BCUT2D eigenvalue weighted by atomic mass is 35.5. The molecule has 0 aliphatic heterocycles. The number of hydrogen-bond acceptors (Lipinski definition) is 2. The number of aryl methyl sites for hydroxylation is 2. The van der Waals surface area contributed by atoms with Crippen molar-refractivity contribution in [1.82, 2.24) is 0 Å². The van der Waals surface area contributed by atoms with E-state index < -0.39 is 12.0 Å². The molecule has 82 valence electrons. The molecule has 1 aromatic rings. The Kier molecular flexibility index (Phi) is 4.12. The van der Waals surface area contributed by atoms with Crippen molar-refractivity contribution < 1.29 is 9.90 Å². The van der Waals surface area contributed by atoms with Crippen LogP contribution in [0.3, 0.4) is 0 Å². The zero-order valence-electron chi connectivity index (χ0n) is 8.53. The fourth-order valence-electron chi connectivity index (χ4n) is 1.34. The monoisotopic (exact) mass is 227 g/mol. The lowest BCUT2D eigenvalue weighted by Gasteiger charge is -2.08. The van der Waals surface area contributed by atoms with Gasteiger partial charge in [-0.1, -0.05) is 29.8 Å². The third-order valence-electron chi connectivity index (χ3n) is 2.31. The Labute approximate surface area is 93.9 Å². The molecule has 3 nitrogen and oxygen atoms in total. The number of aliphatic carboxylic acids is 1. The van der Waals surface area contributed by atoms with E-state index in [2.05, 4.69) is 0 Å². The molecule has 15 heavy (non-hydrogen) atoms. The number of rotatable bonds is 4. The molecular formula is C11H14ClNO2. The van der Waals surface area contributed by atoms with Gasteiger partial charge in [-0.25, -0.2) is 0 Å². The summed E-state index contributed by atoms with van der Waals surface area (Å²) in [6, 6.07) is 4.90. The number of nitrogens with two attached hydrogens (primary N) is 1. The summed E-state index contributed by atoms with van der Waals surface area (Å²) in [5.41, 5.74) is 7.36. The summed E-state index contributed by atoms with van der Waals surface area (Å²) in [5, 5.41) is 9.33. The SMILES string of the molecule is Cc1cccc(CC[C@@H](N)C(=O)O)c1Cl. The molecule has 1 rings (SSSR count). The normalized spacial score (nSPS) is 12.5. The first-order chi connectivity index (χ1) is 7.02. The molecule has 0 spiro atoms. The van der Waals surface area contributed by atoms with Crippen molar-refractivity contribution in [2.45, 2.75) is 25.8 Å². The van der Waals surface area contributed by atoms with Gasteiger partial charge in [0.1, 0.15) is 6.04 Å². The summed E-state index contributed by atoms with van der Waals surface area (Å²) < 4.78 is 0. The van der Waals surface area contributed by atoms with Crippen molar-refractivity contribution in [2.24, 2.45) is 5.73 Å². The third kappa shape index (κ3) is 3.22. The van der Waals surface area contributed by atoms with Gasteiger partial charge in [-0.05, 0) is 30.9 Å². The molecule has 0 saturated heterocycles. The molecule has 0 unspecified atom stereocenters. The molecule has 0 aromatic heterocycles. The average molecular weight is 228 g/mol. The predicted molar refractivity (Wildman–Crippen MR) is 60.1 cm³/mol. The third-order valence-corrected chi connectivity index (χ3v) is 2.85. The Morgan fingerprint density at radius 1 is 1.60 bits per heavy atom. The van der Waals surface area contributed by atoms with E-state index in [1.54, 1.807) is 0 Å². The van der Waals surface area contributed by atoms with Crippen molar-refractivity contribution >= 4 is 17.6 Å². The van der Waals surface area contributed by atoms with Gasteiger partial charge < -0.3 is 10.8 Å². The molecule has 0 fully saturated rings. The zero-order valence-corrected chi connectivity index (χ0v) is 9.29. The Morgan fingerprint density at radius 2 is 2.27 bits per heavy atom. The van der Waals surface area contributed by atoms with Crippen LogP contribution in [0, 0.1) is 6.92 Å². The summed E-state index contributed by atoms with van der Waals surface area (Å²) >= 11 is 6.07. The second kappa shape index (κ2) is 5.14. The van der Waals surface area contributed by atoms with Crippen LogP contribution in [-0.2, 0) is 11.2 Å². The number of benzene rings is 1. The largest absolute Gasteiger partial charge is 0.480 e. The van der Waals surface area contributed by atoms with E-state index in [4.69, 9.17) is 22.4 Å². The average Bonchev–Trinajstić information content (AvgIpc) is 2.19. The maximum Gasteiger partial charge on any atom is 0.320 e. The van der Waals surface area contributed by atoms with Crippen LogP contribution in [0.4, 0.5) is 0 Å². The summed E-state index contributed by atoms with van der Waals surface area (Å²) in [6.45, 7) is 1.92. The van der Waals surface area contributed by atoms with Gasteiger partial charge in [-0.3, -0.25) is 4.79 Å². The van der Waals surface area contributed by atoms with E-state index in [1.165, 1.54) is 0 Å². The van der Waals surface area contributed by atoms with Gasteiger partial charge in [0.2, 0.25) is 0 Å². The molecule has 1 aromatic carbocycles. The highest BCUT2D eigenvalue weighted by molar-refractivity contribution is 6.32. The summed E-state index contributed by atoms with van der Waals surface area (Å²) in [6.07, 6.45) is 0.993. The number of carbonyl (C=O) groups is 1. The van der Waals surface area contributed by atoms with Crippen molar-refractivity contribution in [3.63, 3.8) is 0 Å². The highest BCUT2D eigenvalue weighted by Gasteiger charge is 2.12. The van der Waals surface area contributed by atoms with Crippen LogP contribution in [0.5, 0.6) is 0 Å². The van der Waals surface area contributed by atoms with Gasteiger partial charge in [-0.15, -0.1) is 0 Å². The molecule has 1 atom stereocenters. The standard InChI is InChI=1S/C11H14ClNO2/c1-7-3-2-4-8(10(7)12)5-6-9(13)11(14)15/h2-4,9H,5-6,13H2,1H3,(H,14,15)/t9-/m1/s1.